The van der Waals surface area contributed by atoms with Crippen LogP contribution in [-0.2, 0) is 0 Å². The number of H-pyrrole nitrogens is 1. The van der Waals surface area contributed by atoms with Crippen LogP contribution in [-0.4, -0.2) is 30.6 Å². The van der Waals surface area contributed by atoms with Crippen LogP contribution < -0.4 is 5.56 Å². The molecule has 0 saturated heterocycles. The Morgan fingerprint density at radius 1 is 1.19 bits per heavy atom. The first-order valence-electron chi connectivity index (χ1n) is 6.06. The highest BCUT2D eigenvalue weighted by atomic mass is 16.4. The fourth-order valence-corrected chi connectivity index (χ4v) is 1.91. The largest absolute Gasteiger partial charge is 0.476 e. The summed E-state index contributed by atoms with van der Waals surface area (Å²) in [5.74, 6) is -1.07. The molecule has 7 nitrogen and oxygen atoms in total. The standard InChI is InChI=1S/C14H10N4O3/c19-13-5-11(15-7-16-13)9-1-3-10(4-2-9)18-6-12(14(20)21)17-8-18/h1-8H,(H,20,21)(H,15,16,19). The van der Waals surface area contributed by atoms with Crippen molar-refractivity contribution in [3.63, 3.8) is 0 Å². The molecule has 21 heavy (non-hydrogen) atoms. The Morgan fingerprint density at radius 2 is 1.95 bits per heavy atom. The van der Waals surface area contributed by atoms with Gasteiger partial charge in [0.1, 0.15) is 6.33 Å². The lowest BCUT2D eigenvalue weighted by Crippen LogP contribution is -2.04. The first-order chi connectivity index (χ1) is 10.1. The van der Waals surface area contributed by atoms with Gasteiger partial charge >= 0.3 is 5.97 Å². The number of aromatic nitrogens is 4. The van der Waals surface area contributed by atoms with Gasteiger partial charge in [-0.1, -0.05) is 12.1 Å². The molecule has 104 valence electrons. The van der Waals surface area contributed by atoms with Gasteiger partial charge in [-0.15, -0.1) is 0 Å². The Morgan fingerprint density at radius 3 is 2.57 bits per heavy atom. The molecule has 3 aromatic rings. The van der Waals surface area contributed by atoms with Crippen LogP contribution >= 0.6 is 0 Å². The van der Waals surface area contributed by atoms with E-state index in [2.05, 4.69) is 15.0 Å². The molecule has 0 saturated carbocycles. The molecule has 0 fully saturated rings. The van der Waals surface area contributed by atoms with Crippen molar-refractivity contribution in [3.8, 4) is 16.9 Å². The molecule has 0 unspecified atom stereocenters. The average molecular weight is 282 g/mol. The molecule has 3 rings (SSSR count). The molecule has 2 aromatic heterocycles. The van der Waals surface area contributed by atoms with Crippen molar-refractivity contribution < 1.29 is 9.90 Å². The maximum atomic E-state index is 11.3. The summed E-state index contributed by atoms with van der Waals surface area (Å²) in [5.41, 5.74) is 1.90. The van der Waals surface area contributed by atoms with Gasteiger partial charge in [0.15, 0.2) is 5.69 Å². The topological polar surface area (TPSA) is 101 Å². The van der Waals surface area contributed by atoms with E-state index >= 15 is 0 Å². The van der Waals surface area contributed by atoms with Gasteiger partial charge in [-0.05, 0) is 12.1 Å². The quantitative estimate of drug-likeness (QED) is 0.754. The fraction of sp³-hybridized carbons (Fsp3) is 0. The zero-order valence-corrected chi connectivity index (χ0v) is 10.7. The van der Waals surface area contributed by atoms with E-state index < -0.39 is 5.97 Å². The maximum Gasteiger partial charge on any atom is 0.356 e. The number of imidazole rings is 1. The number of nitrogens with zero attached hydrogens (tertiary/aromatic N) is 3. The monoisotopic (exact) mass is 282 g/mol. The summed E-state index contributed by atoms with van der Waals surface area (Å²) < 4.78 is 1.61. The predicted octanol–water partition coefficient (Wildman–Crippen LogP) is 1.32. The van der Waals surface area contributed by atoms with Crippen LogP contribution in [0.3, 0.4) is 0 Å². The lowest BCUT2D eigenvalue weighted by atomic mass is 10.1. The van der Waals surface area contributed by atoms with E-state index in [4.69, 9.17) is 5.11 Å². The van der Waals surface area contributed by atoms with Gasteiger partial charge in [0.05, 0.1) is 12.0 Å². The number of aromatic carboxylic acids is 1. The minimum atomic E-state index is -1.07. The highest BCUT2D eigenvalue weighted by molar-refractivity contribution is 5.85. The van der Waals surface area contributed by atoms with Crippen molar-refractivity contribution in [3.05, 3.63) is 65.2 Å². The summed E-state index contributed by atoms with van der Waals surface area (Å²) in [6, 6.07) is 8.61. The number of carboxylic acids is 1. The Labute approximate surface area is 118 Å². The Balaban J connectivity index is 1.93. The van der Waals surface area contributed by atoms with Crippen LogP contribution in [0.1, 0.15) is 10.5 Å². The Kier molecular flexibility index (Phi) is 3.07. The highest BCUT2D eigenvalue weighted by Gasteiger charge is 2.07. The minimum Gasteiger partial charge on any atom is -0.476 e. The zero-order valence-electron chi connectivity index (χ0n) is 10.7. The van der Waals surface area contributed by atoms with E-state index in [1.807, 2.05) is 0 Å². The smallest absolute Gasteiger partial charge is 0.356 e. The van der Waals surface area contributed by atoms with Crippen LogP contribution in [0.25, 0.3) is 16.9 Å². The van der Waals surface area contributed by atoms with E-state index in [1.54, 1.807) is 28.8 Å². The summed E-state index contributed by atoms with van der Waals surface area (Å²) in [5, 5.41) is 8.85. The molecule has 0 spiro atoms. The number of aromatic amines is 1. The zero-order chi connectivity index (χ0) is 14.8. The third kappa shape index (κ3) is 2.57. The van der Waals surface area contributed by atoms with Gasteiger partial charge in [-0.3, -0.25) is 4.79 Å². The molecular formula is C14H10N4O3. The predicted molar refractivity (Wildman–Crippen MR) is 74.4 cm³/mol. The van der Waals surface area contributed by atoms with Gasteiger partial charge in [0.25, 0.3) is 5.56 Å². The van der Waals surface area contributed by atoms with Gasteiger partial charge in [-0.25, -0.2) is 14.8 Å². The third-order valence-corrected chi connectivity index (χ3v) is 2.94. The van der Waals surface area contributed by atoms with E-state index in [9.17, 15) is 9.59 Å². The van der Waals surface area contributed by atoms with Crippen molar-refractivity contribution in [1.82, 2.24) is 19.5 Å². The molecule has 0 radical (unpaired) electrons. The highest BCUT2D eigenvalue weighted by Crippen LogP contribution is 2.17. The molecule has 0 bridgehead atoms. The van der Waals surface area contributed by atoms with Crippen molar-refractivity contribution in [2.45, 2.75) is 0 Å². The first-order valence-corrected chi connectivity index (χ1v) is 6.06. The van der Waals surface area contributed by atoms with Crippen LogP contribution in [0.5, 0.6) is 0 Å². The second-order valence-corrected chi connectivity index (χ2v) is 4.31. The number of nitrogens with one attached hydrogen (secondary N) is 1. The van der Waals surface area contributed by atoms with Gasteiger partial charge < -0.3 is 14.7 Å². The number of rotatable bonds is 3. The number of carboxylic acid groups (broad SMARTS) is 1. The number of benzene rings is 1. The molecule has 0 atom stereocenters. The summed E-state index contributed by atoms with van der Waals surface area (Å²) in [6.07, 6.45) is 4.22. The number of hydrogen-bond acceptors (Lipinski definition) is 4. The van der Waals surface area contributed by atoms with Crippen molar-refractivity contribution >= 4 is 5.97 Å². The van der Waals surface area contributed by atoms with E-state index in [1.165, 1.54) is 24.9 Å². The summed E-state index contributed by atoms with van der Waals surface area (Å²) in [6.45, 7) is 0. The number of hydrogen-bond donors (Lipinski definition) is 2. The molecule has 2 N–H and O–H groups in total. The molecule has 0 amide bonds. The average Bonchev–Trinajstić information content (AvgIpc) is 2.97. The lowest BCUT2D eigenvalue weighted by molar-refractivity contribution is 0.0691. The summed E-state index contributed by atoms with van der Waals surface area (Å²) >= 11 is 0. The molecule has 2 heterocycles. The van der Waals surface area contributed by atoms with Crippen LogP contribution in [0.4, 0.5) is 0 Å². The Bertz CT molecular complexity index is 849. The molecular weight excluding hydrogens is 272 g/mol. The SMILES string of the molecule is O=C(O)c1cn(-c2ccc(-c3cc(=O)[nH]cn3)cc2)cn1. The first kappa shape index (κ1) is 12.8. The van der Waals surface area contributed by atoms with Crippen LogP contribution in [0.15, 0.2) is 54.0 Å². The van der Waals surface area contributed by atoms with Gasteiger partial charge in [-0.2, -0.15) is 0 Å². The molecule has 0 aliphatic heterocycles. The van der Waals surface area contributed by atoms with E-state index in [0.717, 1.165) is 11.3 Å². The van der Waals surface area contributed by atoms with Crippen LogP contribution in [0, 0.1) is 0 Å². The van der Waals surface area contributed by atoms with E-state index in [0.29, 0.717) is 5.69 Å². The maximum absolute atomic E-state index is 11.3. The van der Waals surface area contributed by atoms with Gasteiger partial charge in [0.2, 0.25) is 0 Å². The minimum absolute atomic E-state index is 0.0182. The summed E-state index contributed by atoms with van der Waals surface area (Å²) in [4.78, 5) is 32.4. The Hall–Kier alpha value is -3.22. The normalized spacial score (nSPS) is 10.5. The number of carbonyl (C=O) groups is 1. The molecule has 1 aromatic carbocycles. The fourth-order valence-electron chi connectivity index (χ4n) is 1.91. The third-order valence-electron chi connectivity index (χ3n) is 2.94. The van der Waals surface area contributed by atoms with Gasteiger partial charge in [0, 0.05) is 23.5 Å². The summed E-state index contributed by atoms with van der Waals surface area (Å²) in [7, 11) is 0. The van der Waals surface area contributed by atoms with Crippen molar-refractivity contribution in [2.75, 3.05) is 0 Å². The molecule has 0 aliphatic rings. The van der Waals surface area contributed by atoms with E-state index in [-0.39, 0.29) is 11.3 Å². The second-order valence-electron chi connectivity index (χ2n) is 4.31. The second kappa shape index (κ2) is 5.04. The van der Waals surface area contributed by atoms with Crippen molar-refractivity contribution in [2.24, 2.45) is 0 Å². The molecule has 0 aliphatic carbocycles. The lowest BCUT2D eigenvalue weighted by Gasteiger charge is -2.04. The van der Waals surface area contributed by atoms with Crippen molar-refractivity contribution in [1.29, 1.82) is 0 Å². The van der Waals surface area contributed by atoms with Crippen LogP contribution in [0.2, 0.25) is 0 Å². The molecule has 7 heteroatoms.